The van der Waals surface area contributed by atoms with Gasteiger partial charge in [-0.2, -0.15) is 13.2 Å². The van der Waals surface area contributed by atoms with Gasteiger partial charge in [0, 0.05) is 6.20 Å². The number of ether oxygens (including phenoxy) is 1. The molecule has 2 rings (SSSR count). The molecule has 0 saturated carbocycles. The molecule has 10 heteroatoms. The lowest BCUT2D eigenvalue weighted by Crippen LogP contribution is -2.69. The molecule has 0 aliphatic heterocycles. The number of benzene rings is 1. The highest BCUT2D eigenvalue weighted by Gasteiger charge is 2.63. The third-order valence-electron chi connectivity index (χ3n) is 3.57. The third kappa shape index (κ3) is 4.30. The fourth-order valence-corrected chi connectivity index (χ4v) is 2.45. The number of halogens is 4. The van der Waals surface area contributed by atoms with Crippen molar-refractivity contribution in [1.29, 1.82) is 0 Å². The Morgan fingerprint density at radius 1 is 1.19 bits per heavy atom. The zero-order valence-corrected chi connectivity index (χ0v) is 15.0. The highest BCUT2D eigenvalue weighted by molar-refractivity contribution is 6.33. The van der Waals surface area contributed by atoms with Crippen LogP contribution in [0, 0.1) is 6.92 Å². The van der Waals surface area contributed by atoms with E-state index in [0.717, 1.165) is 7.11 Å². The summed E-state index contributed by atoms with van der Waals surface area (Å²) < 4.78 is 46.1. The van der Waals surface area contributed by atoms with E-state index >= 15 is 0 Å². The molecule has 1 amide bonds. The van der Waals surface area contributed by atoms with Gasteiger partial charge in [-0.1, -0.05) is 23.7 Å². The summed E-state index contributed by atoms with van der Waals surface area (Å²) >= 11 is 5.87. The number of nitrogens with zero attached hydrogens (tertiary/aromatic N) is 1. The molecule has 1 aromatic heterocycles. The summed E-state index contributed by atoms with van der Waals surface area (Å²) in [5.41, 5.74) is -3.22. The molecule has 0 saturated heterocycles. The lowest BCUT2D eigenvalue weighted by atomic mass is 10.1. The average molecular weight is 402 g/mol. The third-order valence-corrected chi connectivity index (χ3v) is 3.90. The summed E-state index contributed by atoms with van der Waals surface area (Å²) in [5, 5.41) is 3.55. The Balaban J connectivity index is 2.52. The van der Waals surface area contributed by atoms with Gasteiger partial charge < -0.3 is 15.4 Å². The molecule has 1 aromatic carbocycles. The maximum absolute atomic E-state index is 13.9. The van der Waals surface area contributed by atoms with Crippen LogP contribution in [0.3, 0.4) is 0 Å². The highest BCUT2D eigenvalue weighted by Crippen LogP contribution is 2.33. The number of alkyl halides is 3. The standard InChI is InChI=1S/C17H15ClF3N3O3/c1-10-7-8-22-13(9-10)23-16(15(26)27-2,17(19,20)21)24-14(25)11-5-3-4-6-12(11)18/h3-9H,1-2H3,(H,22,23)(H,24,25)/t16-/m0/s1. The molecule has 2 N–H and O–H groups in total. The highest BCUT2D eigenvalue weighted by atomic mass is 35.5. The van der Waals surface area contributed by atoms with E-state index in [-0.39, 0.29) is 16.4 Å². The smallest absolute Gasteiger partial charge is 0.441 e. The molecule has 0 spiro atoms. The number of methoxy groups -OCH3 is 1. The number of aryl methyl sites for hydroxylation is 1. The van der Waals surface area contributed by atoms with Crippen LogP contribution in [0.2, 0.25) is 5.02 Å². The Labute approximate surface area is 157 Å². The predicted octanol–water partition coefficient (Wildman–Crippen LogP) is 3.32. The fraction of sp³-hybridized carbons (Fsp3) is 0.235. The van der Waals surface area contributed by atoms with Gasteiger partial charge in [-0.05, 0) is 36.8 Å². The summed E-state index contributed by atoms with van der Waals surface area (Å²) in [5.74, 6) is -3.26. The average Bonchev–Trinajstić information content (AvgIpc) is 2.59. The molecular formula is C17H15ClF3N3O3. The van der Waals surface area contributed by atoms with Crippen molar-refractivity contribution in [2.45, 2.75) is 18.8 Å². The molecule has 144 valence electrons. The molecule has 0 radical (unpaired) electrons. The van der Waals surface area contributed by atoms with Crippen LogP contribution in [-0.2, 0) is 9.53 Å². The van der Waals surface area contributed by atoms with Crippen molar-refractivity contribution in [3.63, 3.8) is 0 Å². The Bertz CT molecular complexity index is 861. The number of pyridine rings is 1. The van der Waals surface area contributed by atoms with Crippen LogP contribution in [-0.4, -0.2) is 35.8 Å². The predicted molar refractivity (Wildman–Crippen MR) is 92.3 cm³/mol. The molecule has 27 heavy (non-hydrogen) atoms. The molecule has 0 aliphatic rings. The molecule has 1 atom stereocenters. The van der Waals surface area contributed by atoms with Gasteiger partial charge in [0.05, 0.1) is 17.7 Å². The van der Waals surface area contributed by atoms with E-state index in [4.69, 9.17) is 11.6 Å². The van der Waals surface area contributed by atoms with E-state index in [1.54, 1.807) is 18.3 Å². The van der Waals surface area contributed by atoms with E-state index in [0.29, 0.717) is 5.56 Å². The first-order chi connectivity index (χ1) is 12.6. The van der Waals surface area contributed by atoms with Gasteiger partial charge in [0.15, 0.2) is 0 Å². The van der Waals surface area contributed by atoms with Crippen molar-refractivity contribution in [2.75, 3.05) is 12.4 Å². The summed E-state index contributed by atoms with van der Waals surface area (Å²) in [6, 6.07) is 8.32. The maximum Gasteiger partial charge on any atom is 0.441 e. The molecule has 0 bridgehead atoms. The monoisotopic (exact) mass is 401 g/mol. The van der Waals surface area contributed by atoms with Gasteiger partial charge in [-0.15, -0.1) is 0 Å². The molecule has 2 aromatic rings. The number of nitrogens with one attached hydrogen (secondary N) is 2. The van der Waals surface area contributed by atoms with E-state index < -0.39 is 23.7 Å². The minimum atomic E-state index is -5.26. The van der Waals surface area contributed by atoms with Gasteiger partial charge in [-0.25, -0.2) is 9.78 Å². The number of esters is 1. The second-order valence-corrected chi connectivity index (χ2v) is 5.92. The van der Waals surface area contributed by atoms with E-state index in [1.165, 1.54) is 36.5 Å². The number of hydrogen-bond acceptors (Lipinski definition) is 5. The minimum absolute atomic E-state index is 0.0791. The van der Waals surface area contributed by atoms with Crippen molar-refractivity contribution >= 4 is 29.3 Å². The van der Waals surface area contributed by atoms with Gasteiger partial charge in [0.1, 0.15) is 5.82 Å². The van der Waals surface area contributed by atoms with E-state index in [9.17, 15) is 22.8 Å². The number of carbonyl (C=O) groups is 2. The first-order valence-corrected chi connectivity index (χ1v) is 7.91. The topological polar surface area (TPSA) is 80.3 Å². The van der Waals surface area contributed by atoms with Crippen LogP contribution in [0.5, 0.6) is 0 Å². The van der Waals surface area contributed by atoms with Crippen molar-refractivity contribution < 1.29 is 27.5 Å². The first-order valence-electron chi connectivity index (χ1n) is 7.54. The van der Waals surface area contributed by atoms with Crippen molar-refractivity contribution in [3.05, 3.63) is 58.7 Å². The van der Waals surface area contributed by atoms with Crippen molar-refractivity contribution in [2.24, 2.45) is 0 Å². The number of rotatable bonds is 5. The SMILES string of the molecule is COC(=O)[C@@](NC(=O)c1ccccc1Cl)(Nc1cc(C)ccn1)C(F)(F)F. The van der Waals surface area contributed by atoms with Gasteiger partial charge >= 0.3 is 17.8 Å². The molecular weight excluding hydrogens is 387 g/mol. The van der Waals surface area contributed by atoms with Crippen molar-refractivity contribution in [1.82, 2.24) is 10.3 Å². The first kappa shape index (κ1) is 20.5. The lowest BCUT2D eigenvalue weighted by Gasteiger charge is -2.34. The minimum Gasteiger partial charge on any atom is -0.466 e. The quantitative estimate of drug-likeness (QED) is 0.593. The van der Waals surface area contributed by atoms with E-state index in [1.807, 2.05) is 5.32 Å². The summed E-state index contributed by atoms with van der Waals surface area (Å²) in [7, 11) is 0.774. The van der Waals surface area contributed by atoms with Crippen LogP contribution < -0.4 is 10.6 Å². The lowest BCUT2D eigenvalue weighted by molar-refractivity contribution is -0.203. The number of hydrogen-bond donors (Lipinski definition) is 2. The van der Waals surface area contributed by atoms with Crippen LogP contribution in [0.1, 0.15) is 15.9 Å². The molecule has 6 nitrogen and oxygen atoms in total. The Kier molecular flexibility index (Phi) is 5.94. The molecule has 0 unspecified atom stereocenters. The fourth-order valence-electron chi connectivity index (χ4n) is 2.22. The molecule has 0 fully saturated rings. The zero-order chi connectivity index (χ0) is 20.2. The summed E-state index contributed by atoms with van der Waals surface area (Å²) in [6.07, 6.45) is -4.01. The number of amides is 1. The number of anilines is 1. The van der Waals surface area contributed by atoms with Gasteiger partial charge in [0.25, 0.3) is 5.91 Å². The van der Waals surface area contributed by atoms with Crippen molar-refractivity contribution in [3.8, 4) is 0 Å². The Hall–Kier alpha value is -2.81. The summed E-state index contributed by atoms with van der Waals surface area (Å²) in [4.78, 5) is 28.3. The second-order valence-electron chi connectivity index (χ2n) is 5.52. The Morgan fingerprint density at radius 3 is 2.41 bits per heavy atom. The second kappa shape index (κ2) is 7.83. The zero-order valence-electron chi connectivity index (χ0n) is 14.2. The molecule has 0 aliphatic carbocycles. The largest absolute Gasteiger partial charge is 0.466 e. The number of aromatic nitrogens is 1. The van der Waals surface area contributed by atoms with E-state index in [2.05, 4.69) is 9.72 Å². The Morgan fingerprint density at radius 2 is 1.85 bits per heavy atom. The number of carbonyl (C=O) groups excluding carboxylic acids is 2. The maximum atomic E-state index is 13.9. The molecule has 1 heterocycles. The van der Waals surface area contributed by atoms with Crippen LogP contribution >= 0.6 is 11.6 Å². The van der Waals surface area contributed by atoms with Crippen LogP contribution in [0.15, 0.2) is 42.6 Å². The van der Waals surface area contributed by atoms with Crippen LogP contribution in [0.25, 0.3) is 0 Å². The van der Waals surface area contributed by atoms with Crippen LogP contribution in [0.4, 0.5) is 19.0 Å². The normalized spacial score (nSPS) is 13.4. The van der Waals surface area contributed by atoms with Gasteiger partial charge in [0.2, 0.25) is 0 Å². The summed E-state index contributed by atoms with van der Waals surface area (Å²) in [6.45, 7) is 1.63. The van der Waals surface area contributed by atoms with Gasteiger partial charge in [-0.3, -0.25) is 4.79 Å².